The van der Waals surface area contributed by atoms with Crippen molar-refractivity contribution in [3.8, 4) is 17.2 Å². The molecule has 0 bridgehead atoms. The number of halogens is 1. The maximum atomic E-state index is 12.1. The van der Waals surface area contributed by atoms with E-state index in [0.717, 1.165) is 19.8 Å². The molecule has 0 saturated carbocycles. The van der Waals surface area contributed by atoms with Crippen LogP contribution < -0.4 is 5.32 Å². The number of nitrogens with one attached hydrogen (secondary N) is 2. The van der Waals surface area contributed by atoms with E-state index in [9.17, 15) is 4.79 Å². The van der Waals surface area contributed by atoms with E-state index in [1.165, 1.54) is 16.2 Å². The SMILES string of the molecule is CN1C(=N)N[C@@](C)(c2cc(-c3cccc(C#N)c3)c(Br)s2)CC1=O. The predicted molar refractivity (Wildman–Crippen MR) is 97.8 cm³/mol. The maximum Gasteiger partial charge on any atom is 0.231 e. The summed E-state index contributed by atoms with van der Waals surface area (Å²) in [6, 6.07) is 11.6. The Hall–Kier alpha value is -2.17. The van der Waals surface area contributed by atoms with Crippen LogP contribution in [-0.4, -0.2) is 23.8 Å². The first-order valence-corrected chi connectivity index (χ1v) is 8.88. The van der Waals surface area contributed by atoms with E-state index < -0.39 is 5.54 Å². The molecule has 2 heterocycles. The molecule has 7 heteroatoms. The van der Waals surface area contributed by atoms with Gasteiger partial charge < -0.3 is 5.32 Å². The van der Waals surface area contributed by atoms with Gasteiger partial charge >= 0.3 is 0 Å². The van der Waals surface area contributed by atoms with Gasteiger partial charge in [-0.3, -0.25) is 15.1 Å². The number of benzene rings is 1. The third-order valence-corrected chi connectivity index (χ3v) is 6.24. The van der Waals surface area contributed by atoms with Gasteiger partial charge in [-0.05, 0) is 46.6 Å². The molecule has 1 atom stereocenters. The summed E-state index contributed by atoms with van der Waals surface area (Å²) < 4.78 is 0.938. The highest BCUT2D eigenvalue weighted by Crippen LogP contribution is 2.42. The summed E-state index contributed by atoms with van der Waals surface area (Å²) in [5.41, 5.74) is 1.92. The Morgan fingerprint density at radius 1 is 1.46 bits per heavy atom. The second-order valence-electron chi connectivity index (χ2n) is 5.93. The van der Waals surface area contributed by atoms with E-state index in [0.29, 0.717) is 5.56 Å². The molecule has 122 valence electrons. The standard InChI is InChI=1S/C17H15BrN4OS/c1-17(8-14(23)22(2)16(20)21-17)13-7-12(15(18)24-13)11-5-3-4-10(6-11)9-19/h3-7H,8H2,1-2H3,(H2,20,21)/t17-/m1/s1. The van der Waals surface area contributed by atoms with E-state index in [1.807, 2.05) is 31.2 Å². The van der Waals surface area contributed by atoms with Crippen molar-refractivity contribution >= 4 is 39.1 Å². The number of carbonyl (C=O) groups is 1. The Labute approximate surface area is 152 Å². The van der Waals surface area contributed by atoms with Crippen molar-refractivity contribution in [3.63, 3.8) is 0 Å². The molecule has 0 aliphatic carbocycles. The molecule has 1 fully saturated rings. The fourth-order valence-electron chi connectivity index (χ4n) is 2.68. The number of hydrogen-bond acceptors (Lipinski definition) is 4. The van der Waals surface area contributed by atoms with E-state index in [1.54, 1.807) is 13.1 Å². The first kappa shape index (κ1) is 16.7. The molecular formula is C17H15BrN4OS. The third kappa shape index (κ3) is 2.83. The zero-order valence-electron chi connectivity index (χ0n) is 13.2. The van der Waals surface area contributed by atoms with Gasteiger partial charge in [-0.15, -0.1) is 11.3 Å². The maximum absolute atomic E-state index is 12.1. The number of guanidine groups is 1. The molecule has 5 nitrogen and oxygen atoms in total. The number of nitriles is 1. The molecule has 1 aromatic heterocycles. The van der Waals surface area contributed by atoms with Crippen molar-refractivity contribution in [2.24, 2.45) is 0 Å². The minimum atomic E-state index is -0.612. The highest BCUT2D eigenvalue weighted by molar-refractivity contribution is 9.11. The Kier molecular flexibility index (Phi) is 4.20. The number of carbonyl (C=O) groups excluding carboxylic acids is 1. The van der Waals surface area contributed by atoms with Crippen molar-refractivity contribution in [1.29, 1.82) is 10.7 Å². The van der Waals surface area contributed by atoms with Crippen LogP contribution in [0.25, 0.3) is 11.1 Å². The van der Waals surface area contributed by atoms with Gasteiger partial charge in [0.2, 0.25) is 5.91 Å². The number of rotatable bonds is 2. The highest BCUT2D eigenvalue weighted by atomic mass is 79.9. The Morgan fingerprint density at radius 2 is 2.21 bits per heavy atom. The molecule has 1 saturated heterocycles. The first-order chi connectivity index (χ1) is 11.3. The van der Waals surface area contributed by atoms with Crippen LogP contribution in [0.3, 0.4) is 0 Å². The molecular weight excluding hydrogens is 388 g/mol. The smallest absolute Gasteiger partial charge is 0.231 e. The van der Waals surface area contributed by atoms with Gasteiger partial charge in [0.05, 0.1) is 27.4 Å². The van der Waals surface area contributed by atoms with Gasteiger partial charge in [0.15, 0.2) is 5.96 Å². The summed E-state index contributed by atoms with van der Waals surface area (Å²) in [5.74, 6) is 0.0186. The minimum Gasteiger partial charge on any atom is -0.345 e. The van der Waals surface area contributed by atoms with Crippen LogP contribution in [-0.2, 0) is 10.3 Å². The van der Waals surface area contributed by atoms with Gasteiger partial charge in [0, 0.05) is 17.5 Å². The second-order valence-corrected chi connectivity index (χ2v) is 8.30. The number of thiophene rings is 1. The lowest BCUT2D eigenvalue weighted by molar-refractivity contribution is -0.129. The zero-order chi connectivity index (χ0) is 17.5. The molecule has 3 rings (SSSR count). The van der Waals surface area contributed by atoms with E-state index in [-0.39, 0.29) is 18.3 Å². The summed E-state index contributed by atoms with van der Waals surface area (Å²) in [4.78, 5) is 14.4. The summed E-state index contributed by atoms with van der Waals surface area (Å²) in [5, 5.41) is 20.2. The fourth-order valence-corrected chi connectivity index (χ4v) is 4.55. The lowest BCUT2D eigenvalue weighted by Crippen LogP contribution is -2.57. The van der Waals surface area contributed by atoms with Crippen LogP contribution in [0.4, 0.5) is 0 Å². The lowest BCUT2D eigenvalue weighted by atomic mass is 9.92. The van der Waals surface area contributed by atoms with Crippen molar-refractivity contribution in [2.45, 2.75) is 18.9 Å². The van der Waals surface area contributed by atoms with Gasteiger partial charge in [-0.2, -0.15) is 5.26 Å². The van der Waals surface area contributed by atoms with Gasteiger partial charge in [0.25, 0.3) is 0 Å². The van der Waals surface area contributed by atoms with Crippen molar-refractivity contribution < 1.29 is 4.79 Å². The van der Waals surface area contributed by atoms with Gasteiger partial charge in [-0.25, -0.2) is 0 Å². The molecule has 1 aromatic carbocycles. The molecule has 0 unspecified atom stereocenters. The van der Waals surface area contributed by atoms with Crippen molar-refractivity contribution in [3.05, 3.63) is 44.6 Å². The molecule has 0 spiro atoms. The lowest BCUT2D eigenvalue weighted by Gasteiger charge is -2.38. The normalized spacial score (nSPS) is 20.7. The number of amides is 1. The Balaban J connectivity index is 2.01. The Morgan fingerprint density at radius 3 is 2.88 bits per heavy atom. The molecule has 2 N–H and O–H groups in total. The quantitative estimate of drug-likeness (QED) is 0.804. The number of hydrogen-bond donors (Lipinski definition) is 2. The van der Waals surface area contributed by atoms with E-state index in [4.69, 9.17) is 10.7 Å². The first-order valence-electron chi connectivity index (χ1n) is 7.28. The molecule has 1 amide bonds. The molecule has 1 aliphatic rings. The number of nitrogens with zero attached hydrogens (tertiary/aromatic N) is 2. The Bertz CT molecular complexity index is 865. The van der Waals surface area contributed by atoms with E-state index in [2.05, 4.69) is 27.3 Å². The monoisotopic (exact) mass is 402 g/mol. The molecule has 0 radical (unpaired) electrons. The second kappa shape index (κ2) is 6.04. The van der Waals surface area contributed by atoms with Crippen LogP contribution in [0, 0.1) is 16.7 Å². The van der Waals surface area contributed by atoms with Crippen LogP contribution >= 0.6 is 27.3 Å². The molecule has 2 aromatic rings. The predicted octanol–water partition coefficient (Wildman–Crippen LogP) is 3.65. The molecule has 1 aliphatic heterocycles. The van der Waals surface area contributed by atoms with Gasteiger partial charge in [0.1, 0.15) is 0 Å². The summed E-state index contributed by atoms with van der Waals surface area (Å²) in [6.45, 7) is 1.93. The zero-order valence-corrected chi connectivity index (χ0v) is 15.6. The van der Waals surface area contributed by atoms with Crippen LogP contribution in [0.1, 0.15) is 23.8 Å². The van der Waals surface area contributed by atoms with Crippen LogP contribution in [0.15, 0.2) is 34.1 Å². The fraction of sp³-hybridized carbons (Fsp3) is 0.235. The van der Waals surface area contributed by atoms with Gasteiger partial charge in [-0.1, -0.05) is 12.1 Å². The minimum absolute atomic E-state index is 0.0844. The largest absolute Gasteiger partial charge is 0.345 e. The average molecular weight is 403 g/mol. The summed E-state index contributed by atoms with van der Waals surface area (Å²) in [7, 11) is 1.60. The third-order valence-electron chi connectivity index (χ3n) is 4.14. The van der Waals surface area contributed by atoms with Crippen LogP contribution in [0.5, 0.6) is 0 Å². The van der Waals surface area contributed by atoms with Crippen LogP contribution in [0.2, 0.25) is 0 Å². The van der Waals surface area contributed by atoms with E-state index >= 15 is 0 Å². The van der Waals surface area contributed by atoms with Crippen molar-refractivity contribution in [2.75, 3.05) is 7.05 Å². The van der Waals surface area contributed by atoms with Crippen molar-refractivity contribution in [1.82, 2.24) is 10.2 Å². The topological polar surface area (TPSA) is 80.0 Å². The summed E-state index contributed by atoms with van der Waals surface area (Å²) in [6.07, 6.45) is 0.288. The molecule has 24 heavy (non-hydrogen) atoms. The summed E-state index contributed by atoms with van der Waals surface area (Å²) >= 11 is 5.13. The average Bonchev–Trinajstić information content (AvgIpc) is 2.95. The highest BCUT2D eigenvalue weighted by Gasteiger charge is 2.39.